The Hall–Kier alpha value is -3.54. The van der Waals surface area contributed by atoms with Crippen LogP contribution in [0.4, 0.5) is 0 Å². The van der Waals surface area contributed by atoms with Gasteiger partial charge in [-0.15, -0.1) is 0 Å². The van der Waals surface area contributed by atoms with Crippen molar-refractivity contribution < 1.29 is 9.53 Å². The summed E-state index contributed by atoms with van der Waals surface area (Å²) < 4.78 is 7.37. The van der Waals surface area contributed by atoms with E-state index in [1.54, 1.807) is 21.8 Å². The second kappa shape index (κ2) is 9.78. The molecule has 1 amide bonds. The zero-order valence-electron chi connectivity index (χ0n) is 17.2. The highest BCUT2D eigenvalue weighted by atomic mass is 16.5. The van der Waals surface area contributed by atoms with E-state index in [1.165, 1.54) is 6.07 Å². The van der Waals surface area contributed by atoms with Crippen molar-refractivity contribution >= 4 is 5.91 Å². The van der Waals surface area contributed by atoms with Crippen LogP contribution in [0, 0.1) is 5.92 Å². The smallest absolute Gasteiger partial charge is 0.277 e. The van der Waals surface area contributed by atoms with Gasteiger partial charge < -0.3 is 15.1 Å². The number of allylic oxidation sites excluding steroid dienone is 4. The van der Waals surface area contributed by atoms with Crippen molar-refractivity contribution in [1.29, 1.82) is 0 Å². The summed E-state index contributed by atoms with van der Waals surface area (Å²) in [5, 5.41) is 0. The number of carbonyl (C=O) groups excluding carboxylic acids is 1. The maximum absolute atomic E-state index is 13.2. The molecule has 2 aromatic rings. The maximum Gasteiger partial charge on any atom is 0.277 e. The fourth-order valence-corrected chi connectivity index (χ4v) is 3.37. The Morgan fingerprint density at radius 3 is 2.70 bits per heavy atom. The molecule has 0 saturated heterocycles. The molecule has 0 spiro atoms. The van der Waals surface area contributed by atoms with Gasteiger partial charge >= 0.3 is 0 Å². The number of amides is 1. The van der Waals surface area contributed by atoms with Gasteiger partial charge in [0.2, 0.25) is 5.43 Å². The van der Waals surface area contributed by atoms with Crippen molar-refractivity contribution in [2.24, 2.45) is 5.92 Å². The number of hydrogen-bond acceptors (Lipinski definition) is 4. The van der Waals surface area contributed by atoms with E-state index >= 15 is 0 Å². The highest BCUT2D eigenvalue weighted by Gasteiger charge is 2.29. The lowest BCUT2D eigenvalue weighted by Crippen LogP contribution is -2.47. The van der Waals surface area contributed by atoms with Gasteiger partial charge in [0.1, 0.15) is 13.3 Å². The van der Waals surface area contributed by atoms with Crippen LogP contribution < -0.4 is 15.6 Å². The number of rotatable bonds is 9. The van der Waals surface area contributed by atoms with Crippen molar-refractivity contribution in [3.63, 3.8) is 0 Å². The predicted octanol–water partition coefficient (Wildman–Crippen LogP) is 3.71. The average molecular weight is 405 g/mol. The predicted molar refractivity (Wildman–Crippen MR) is 119 cm³/mol. The molecule has 6 heteroatoms. The number of pyridine rings is 1. The molecule has 30 heavy (non-hydrogen) atoms. The van der Waals surface area contributed by atoms with Crippen LogP contribution in [-0.4, -0.2) is 28.7 Å². The van der Waals surface area contributed by atoms with Crippen LogP contribution in [0.15, 0.2) is 84.3 Å². The summed E-state index contributed by atoms with van der Waals surface area (Å²) in [6.45, 7) is 10.8. The van der Waals surface area contributed by atoms with Gasteiger partial charge in [-0.25, -0.2) is 0 Å². The first-order valence-electron chi connectivity index (χ1n) is 9.95. The minimum absolute atomic E-state index is 0.0648. The standard InChI is InChI=1S/C24H27N3O3/c1-4-9-20(5-2)18(3)12-14-26-17-25-27-15-13-21(28)23(22(27)24(26)29)30-16-19-10-7-6-8-11-19/h4-11,13,15,18,25H,1-2,12,14,16-17H2,3H3/b20-9+. The third kappa shape index (κ3) is 4.71. The van der Waals surface area contributed by atoms with Gasteiger partial charge in [-0.05, 0) is 23.5 Å². The van der Waals surface area contributed by atoms with Crippen molar-refractivity contribution in [1.82, 2.24) is 9.58 Å². The Morgan fingerprint density at radius 2 is 2.00 bits per heavy atom. The van der Waals surface area contributed by atoms with Gasteiger partial charge in [-0.2, -0.15) is 0 Å². The highest BCUT2D eigenvalue weighted by molar-refractivity contribution is 5.96. The summed E-state index contributed by atoms with van der Waals surface area (Å²) in [5.74, 6) is 0.0616. The maximum atomic E-state index is 13.2. The van der Waals surface area contributed by atoms with Gasteiger partial charge in [-0.3, -0.25) is 14.3 Å². The van der Waals surface area contributed by atoms with Crippen LogP contribution in [0.1, 0.15) is 29.4 Å². The number of ether oxygens (including phenoxy) is 1. The number of benzene rings is 1. The van der Waals surface area contributed by atoms with E-state index in [-0.39, 0.29) is 35.3 Å². The molecule has 1 unspecified atom stereocenters. The number of nitrogens with one attached hydrogen (secondary N) is 1. The molecule has 0 aliphatic carbocycles. The molecule has 6 nitrogen and oxygen atoms in total. The molecule has 3 rings (SSSR count). The molecular weight excluding hydrogens is 378 g/mol. The normalized spacial score (nSPS) is 14.5. The molecule has 0 radical (unpaired) electrons. The average Bonchev–Trinajstić information content (AvgIpc) is 2.77. The number of hydrogen-bond donors (Lipinski definition) is 1. The Morgan fingerprint density at radius 1 is 1.23 bits per heavy atom. The molecule has 1 aliphatic heterocycles. The van der Waals surface area contributed by atoms with E-state index < -0.39 is 0 Å². The monoisotopic (exact) mass is 405 g/mol. The summed E-state index contributed by atoms with van der Waals surface area (Å²) in [6.07, 6.45) is 7.80. The van der Waals surface area contributed by atoms with Crippen molar-refractivity contribution in [3.05, 3.63) is 101 Å². The third-order valence-electron chi connectivity index (χ3n) is 5.15. The molecule has 1 aliphatic rings. The Kier molecular flexibility index (Phi) is 6.91. The minimum atomic E-state index is -0.314. The summed E-state index contributed by atoms with van der Waals surface area (Å²) in [4.78, 5) is 27.3. The van der Waals surface area contributed by atoms with Crippen molar-refractivity contribution in [3.8, 4) is 5.75 Å². The van der Waals surface area contributed by atoms with Gasteiger partial charge in [0.25, 0.3) is 5.91 Å². The van der Waals surface area contributed by atoms with Crippen LogP contribution >= 0.6 is 0 Å². The molecule has 156 valence electrons. The van der Waals surface area contributed by atoms with Crippen LogP contribution in [0.2, 0.25) is 0 Å². The lowest BCUT2D eigenvalue weighted by Gasteiger charge is -2.32. The summed E-state index contributed by atoms with van der Waals surface area (Å²) in [5.41, 5.74) is 5.06. The van der Waals surface area contributed by atoms with Crippen LogP contribution in [-0.2, 0) is 6.61 Å². The molecule has 1 N–H and O–H groups in total. The van der Waals surface area contributed by atoms with Gasteiger partial charge in [-0.1, -0.05) is 68.6 Å². The third-order valence-corrected chi connectivity index (χ3v) is 5.15. The Balaban J connectivity index is 1.77. The number of aromatic nitrogens is 1. The first-order chi connectivity index (χ1) is 14.5. The van der Waals surface area contributed by atoms with E-state index in [0.717, 1.165) is 17.6 Å². The topological polar surface area (TPSA) is 63.6 Å². The van der Waals surface area contributed by atoms with Crippen molar-refractivity contribution in [2.75, 3.05) is 18.6 Å². The number of nitrogens with zero attached hydrogens (tertiary/aromatic N) is 2. The molecule has 0 saturated carbocycles. The van der Waals surface area contributed by atoms with Crippen molar-refractivity contribution in [2.45, 2.75) is 20.0 Å². The molecule has 1 aromatic heterocycles. The second-order valence-corrected chi connectivity index (χ2v) is 7.18. The largest absolute Gasteiger partial charge is 0.482 e. The minimum Gasteiger partial charge on any atom is -0.482 e. The quantitative estimate of drug-likeness (QED) is 0.646. The van der Waals surface area contributed by atoms with Crippen LogP contribution in [0.5, 0.6) is 5.75 Å². The number of carbonyl (C=O) groups is 1. The van der Waals surface area contributed by atoms with Crippen LogP contribution in [0.25, 0.3) is 0 Å². The summed E-state index contributed by atoms with van der Waals surface area (Å²) >= 11 is 0. The SMILES string of the molecule is C=C/C=C(\C=C)C(C)CCN1CNn2ccc(=O)c(OCc3ccccc3)c2C1=O. The van der Waals surface area contributed by atoms with E-state index in [2.05, 4.69) is 25.5 Å². The zero-order chi connectivity index (χ0) is 21.5. The molecule has 2 heterocycles. The Labute approximate surface area is 176 Å². The van der Waals surface area contributed by atoms with Gasteiger partial charge in [0, 0.05) is 18.8 Å². The first-order valence-corrected chi connectivity index (χ1v) is 9.95. The first kappa shape index (κ1) is 21.2. The summed E-state index contributed by atoms with van der Waals surface area (Å²) in [7, 11) is 0. The van der Waals surface area contributed by atoms with Gasteiger partial charge in [0.05, 0.1) is 0 Å². The molecule has 1 aromatic carbocycles. The molecule has 0 bridgehead atoms. The fraction of sp³-hybridized carbons (Fsp3) is 0.250. The lowest BCUT2D eigenvalue weighted by molar-refractivity contribution is 0.0713. The van der Waals surface area contributed by atoms with E-state index in [4.69, 9.17) is 4.74 Å². The fourth-order valence-electron chi connectivity index (χ4n) is 3.37. The second-order valence-electron chi connectivity index (χ2n) is 7.18. The highest BCUT2D eigenvalue weighted by Crippen LogP contribution is 2.22. The van der Waals surface area contributed by atoms with E-state index in [9.17, 15) is 9.59 Å². The van der Waals surface area contributed by atoms with Gasteiger partial charge in [0.15, 0.2) is 11.4 Å². The Bertz CT molecular complexity index is 1010. The zero-order valence-corrected chi connectivity index (χ0v) is 17.2. The number of fused-ring (bicyclic) bond motifs is 1. The summed E-state index contributed by atoms with van der Waals surface area (Å²) in [6, 6.07) is 10.9. The molecule has 0 fully saturated rings. The molecule has 1 atom stereocenters. The molecular formula is C24H27N3O3. The lowest BCUT2D eigenvalue weighted by atomic mass is 9.97. The van der Waals surface area contributed by atoms with Crippen LogP contribution in [0.3, 0.4) is 0 Å². The van der Waals surface area contributed by atoms with E-state index in [1.807, 2.05) is 42.5 Å². The van der Waals surface area contributed by atoms with E-state index in [0.29, 0.717) is 13.2 Å².